The number of aromatic nitrogens is 2. The summed E-state index contributed by atoms with van der Waals surface area (Å²) in [5.74, 6) is 0.882. The van der Waals surface area contributed by atoms with Gasteiger partial charge in [-0.3, -0.25) is 4.40 Å². The molecule has 0 aliphatic carbocycles. The van der Waals surface area contributed by atoms with E-state index in [-0.39, 0.29) is 0 Å². The quantitative estimate of drug-likeness (QED) is 0.476. The van der Waals surface area contributed by atoms with Crippen LogP contribution in [0, 0.1) is 25.2 Å². The molecule has 0 unspecified atom stereocenters. The number of fused-ring (bicyclic) bond motifs is 3. The van der Waals surface area contributed by atoms with Gasteiger partial charge >= 0.3 is 0 Å². The van der Waals surface area contributed by atoms with E-state index in [0.29, 0.717) is 5.56 Å². The van der Waals surface area contributed by atoms with Crippen molar-refractivity contribution in [3.05, 3.63) is 76.9 Å². The van der Waals surface area contributed by atoms with Gasteiger partial charge < -0.3 is 0 Å². The number of rotatable bonds is 3. The van der Waals surface area contributed by atoms with Crippen LogP contribution in [0.1, 0.15) is 22.3 Å². The van der Waals surface area contributed by atoms with Crippen LogP contribution in [0.3, 0.4) is 0 Å². The van der Waals surface area contributed by atoms with E-state index in [9.17, 15) is 5.26 Å². The number of pyridine rings is 1. The van der Waals surface area contributed by atoms with Crippen LogP contribution in [0.2, 0.25) is 0 Å². The van der Waals surface area contributed by atoms with Gasteiger partial charge in [0.25, 0.3) is 0 Å². The molecule has 2 aromatic carbocycles. The SMILES string of the molecule is Cc1ccc(CSc2cc(C)c(C#N)c3nc4ccccc4n23)cc1. The predicted octanol–water partition coefficient (Wildman–Crippen LogP) is 5.27. The van der Waals surface area contributed by atoms with Crippen LogP contribution < -0.4 is 0 Å². The molecular formula is C21H17N3S. The maximum atomic E-state index is 9.56. The molecule has 0 saturated carbocycles. The van der Waals surface area contributed by atoms with Crippen LogP contribution in [0.4, 0.5) is 0 Å². The van der Waals surface area contributed by atoms with Crippen LogP contribution >= 0.6 is 11.8 Å². The summed E-state index contributed by atoms with van der Waals surface area (Å²) in [5, 5.41) is 10.7. The average Bonchev–Trinajstić information content (AvgIpc) is 3.00. The van der Waals surface area contributed by atoms with Crippen molar-refractivity contribution in [1.82, 2.24) is 9.38 Å². The largest absolute Gasteiger partial charge is 0.286 e. The minimum absolute atomic E-state index is 0.649. The Morgan fingerprint density at radius 1 is 1.08 bits per heavy atom. The minimum Gasteiger partial charge on any atom is -0.286 e. The fourth-order valence-corrected chi connectivity index (χ4v) is 4.08. The number of para-hydroxylation sites is 2. The third-order valence-corrected chi connectivity index (χ3v) is 5.43. The fourth-order valence-electron chi connectivity index (χ4n) is 3.00. The van der Waals surface area contributed by atoms with Crippen LogP contribution in [-0.4, -0.2) is 9.38 Å². The van der Waals surface area contributed by atoms with Gasteiger partial charge in [0.1, 0.15) is 6.07 Å². The highest BCUT2D eigenvalue weighted by Gasteiger charge is 2.15. The molecule has 0 radical (unpaired) electrons. The van der Waals surface area contributed by atoms with Crippen molar-refractivity contribution in [2.75, 3.05) is 0 Å². The summed E-state index contributed by atoms with van der Waals surface area (Å²) in [7, 11) is 0. The Morgan fingerprint density at radius 3 is 2.60 bits per heavy atom. The van der Waals surface area contributed by atoms with Gasteiger partial charge in [-0.25, -0.2) is 4.98 Å². The van der Waals surface area contributed by atoms with E-state index >= 15 is 0 Å². The normalized spacial score (nSPS) is 11.1. The Balaban J connectivity index is 1.85. The molecule has 0 atom stereocenters. The molecule has 4 rings (SSSR count). The summed E-state index contributed by atoms with van der Waals surface area (Å²) in [6, 6.07) is 21.1. The molecule has 3 nitrogen and oxygen atoms in total. The molecule has 0 N–H and O–H groups in total. The summed E-state index contributed by atoms with van der Waals surface area (Å²) in [6.45, 7) is 4.08. The van der Waals surface area contributed by atoms with Gasteiger partial charge in [0.05, 0.1) is 21.6 Å². The summed E-state index contributed by atoms with van der Waals surface area (Å²) >= 11 is 1.78. The van der Waals surface area contributed by atoms with E-state index < -0.39 is 0 Å². The van der Waals surface area contributed by atoms with Crippen molar-refractivity contribution in [2.45, 2.75) is 24.6 Å². The van der Waals surface area contributed by atoms with Gasteiger partial charge in [0, 0.05) is 5.75 Å². The highest BCUT2D eigenvalue weighted by atomic mass is 32.2. The van der Waals surface area contributed by atoms with E-state index in [1.165, 1.54) is 11.1 Å². The number of nitrogens with zero attached hydrogens (tertiary/aromatic N) is 3. The molecule has 2 heterocycles. The number of hydrogen-bond donors (Lipinski definition) is 0. The maximum Gasteiger partial charge on any atom is 0.157 e. The zero-order valence-corrected chi connectivity index (χ0v) is 15.0. The van der Waals surface area contributed by atoms with Crippen molar-refractivity contribution in [3.8, 4) is 6.07 Å². The first-order valence-corrected chi connectivity index (χ1v) is 9.15. The van der Waals surface area contributed by atoms with Crippen molar-refractivity contribution in [1.29, 1.82) is 5.26 Å². The van der Waals surface area contributed by atoms with Crippen molar-refractivity contribution in [3.63, 3.8) is 0 Å². The van der Waals surface area contributed by atoms with Crippen LogP contribution in [0.5, 0.6) is 0 Å². The molecule has 4 aromatic rings. The second-order valence-corrected chi connectivity index (χ2v) is 7.18. The summed E-state index contributed by atoms with van der Waals surface area (Å²) in [6.07, 6.45) is 0. The highest BCUT2D eigenvalue weighted by molar-refractivity contribution is 7.98. The molecule has 0 aliphatic rings. The van der Waals surface area contributed by atoms with E-state index in [1.807, 2.05) is 25.1 Å². The lowest BCUT2D eigenvalue weighted by Crippen LogP contribution is -1.97. The first kappa shape index (κ1) is 15.7. The van der Waals surface area contributed by atoms with Crippen LogP contribution in [0.25, 0.3) is 16.7 Å². The third-order valence-electron chi connectivity index (χ3n) is 4.36. The third kappa shape index (κ3) is 2.77. The zero-order chi connectivity index (χ0) is 17.4. The van der Waals surface area contributed by atoms with Gasteiger partial charge in [-0.05, 0) is 43.2 Å². The number of nitriles is 1. The second-order valence-electron chi connectivity index (χ2n) is 6.19. The van der Waals surface area contributed by atoms with Gasteiger partial charge in [0.15, 0.2) is 5.65 Å². The molecule has 122 valence electrons. The zero-order valence-electron chi connectivity index (χ0n) is 14.2. The van der Waals surface area contributed by atoms with Gasteiger partial charge in [-0.2, -0.15) is 5.26 Å². The molecule has 0 saturated heterocycles. The van der Waals surface area contributed by atoms with Crippen molar-refractivity contribution >= 4 is 28.4 Å². The van der Waals surface area contributed by atoms with Crippen LogP contribution in [0.15, 0.2) is 59.6 Å². The number of thioether (sulfide) groups is 1. The molecule has 2 aromatic heterocycles. The Morgan fingerprint density at radius 2 is 1.84 bits per heavy atom. The van der Waals surface area contributed by atoms with E-state index in [4.69, 9.17) is 4.98 Å². The topological polar surface area (TPSA) is 41.1 Å². The van der Waals surface area contributed by atoms with Crippen molar-refractivity contribution in [2.24, 2.45) is 0 Å². The molecule has 4 heteroatoms. The maximum absolute atomic E-state index is 9.56. The Bertz CT molecular complexity index is 1120. The molecule has 0 aliphatic heterocycles. The molecular weight excluding hydrogens is 326 g/mol. The van der Waals surface area contributed by atoms with E-state index in [0.717, 1.165) is 33.0 Å². The minimum atomic E-state index is 0.649. The van der Waals surface area contributed by atoms with Gasteiger partial charge in [-0.1, -0.05) is 42.0 Å². The standard InChI is InChI=1S/C21H17N3S/c1-14-7-9-16(10-8-14)13-25-20-11-15(2)17(12-22)21-23-18-5-3-4-6-19(18)24(20)21/h3-11H,13H2,1-2H3. The Kier molecular flexibility index (Phi) is 3.95. The lowest BCUT2D eigenvalue weighted by molar-refractivity contribution is 1.04. The number of benzene rings is 2. The second kappa shape index (κ2) is 6.27. The van der Waals surface area contributed by atoms with E-state index in [2.05, 4.69) is 53.8 Å². The Hall–Kier alpha value is -2.77. The molecule has 0 amide bonds. The number of imidazole rings is 1. The fraction of sp³-hybridized carbons (Fsp3) is 0.143. The summed E-state index contributed by atoms with van der Waals surface area (Å²) < 4.78 is 2.11. The summed E-state index contributed by atoms with van der Waals surface area (Å²) in [5.41, 5.74) is 6.88. The lowest BCUT2D eigenvalue weighted by Gasteiger charge is -2.10. The molecule has 0 bridgehead atoms. The lowest BCUT2D eigenvalue weighted by atomic mass is 10.2. The van der Waals surface area contributed by atoms with Crippen LogP contribution in [-0.2, 0) is 5.75 Å². The molecule has 0 spiro atoms. The Labute approximate surface area is 150 Å². The van der Waals surface area contributed by atoms with Gasteiger partial charge in [0.2, 0.25) is 0 Å². The molecule has 0 fully saturated rings. The predicted molar refractivity (Wildman–Crippen MR) is 103 cm³/mol. The summed E-state index contributed by atoms with van der Waals surface area (Å²) in [4.78, 5) is 4.70. The van der Waals surface area contributed by atoms with E-state index in [1.54, 1.807) is 11.8 Å². The number of hydrogen-bond acceptors (Lipinski definition) is 3. The van der Waals surface area contributed by atoms with Crippen molar-refractivity contribution < 1.29 is 0 Å². The number of aryl methyl sites for hydroxylation is 2. The first-order chi connectivity index (χ1) is 12.2. The monoisotopic (exact) mass is 343 g/mol. The average molecular weight is 343 g/mol. The first-order valence-electron chi connectivity index (χ1n) is 8.16. The van der Waals surface area contributed by atoms with Gasteiger partial charge in [-0.15, -0.1) is 11.8 Å². The smallest absolute Gasteiger partial charge is 0.157 e. The molecule has 25 heavy (non-hydrogen) atoms. The highest BCUT2D eigenvalue weighted by Crippen LogP contribution is 2.31.